The van der Waals surface area contributed by atoms with E-state index in [-0.39, 0.29) is 5.69 Å². The Morgan fingerprint density at radius 2 is 1.48 bits per heavy atom. The van der Waals surface area contributed by atoms with Crippen molar-refractivity contribution in [1.82, 2.24) is 10.3 Å². The standard InChI is InChI=1S/C22H24N6O.2C2H6/c23-22(29)21-20(14-18(15-25-21)26-16-4-2-1-3-5-16)27-17-6-8-19(9-7-17)28-12-10-24-11-13-28;2*1-2/h1-9,14-15,24,26-27H,10-13H2,(H2,23,29);2*1-2H3. The molecule has 1 saturated heterocycles. The third-order valence-corrected chi connectivity index (χ3v) is 4.81. The van der Waals surface area contributed by atoms with Crippen molar-refractivity contribution in [1.29, 1.82) is 0 Å². The fourth-order valence-electron chi connectivity index (χ4n) is 3.35. The molecular weight excluding hydrogens is 412 g/mol. The SMILES string of the molecule is CC.CC.NC(=O)c1ncc(Nc2ccccc2)cc1Nc1ccc(N2CCNCC2)cc1. The van der Waals surface area contributed by atoms with Gasteiger partial charge in [-0.25, -0.2) is 4.98 Å². The normalized spacial score (nSPS) is 12.4. The largest absolute Gasteiger partial charge is 0.369 e. The minimum Gasteiger partial charge on any atom is -0.369 e. The second-order valence-electron chi connectivity index (χ2n) is 6.88. The average molecular weight is 449 g/mol. The zero-order valence-corrected chi connectivity index (χ0v) is 20.1. The van der Waals surface area contributed by atoms with Crippen molar-refractivity contribution in [3.63, 3.8) is 0 Å². The number of nitrogens with zero attached hydrogens (tertiary/aromatic N) is 2. The van der Waals surface area contributed by atoms with E-state index in [0.717, 1.165) is 43.2 Å². The van der Waals surface area contributed by atoms with Crippen molar-refractivity contribution >= 4 is 34.3 Å². The number of carbonyl (C=O) groups excluding carboxylic acids is 1. The van der Waals surface area contributed by atoms with Crippen LogP contribution >= 0.6 is 0 Å². The Labute approximate surface area is 197 Å². The van der Waals surface area contributed by atoms with Crippen LogP contribution in [0.15, 0.2) is 66.9 Å². The molecule has 1 aliphatic heterocycles. The number of piperazine rings is 1. The lowest BCUT2D eigenvalue weighted by atomic mass is 10.2. The summed E-state index contributed by atoms with van der Waals surface area (Å²) >= 11 is 0. The molecule has 2 heterocycles. The third-order valence-electron chi connectivity index (χ3n) is 4.81. The van der Waals surface area contributed by atoms with Crippen LogP contribution in [0, 0.1) is 0 Å². The Hall–Kier alpha value is -3.58. The van der Waals surface area contributed by atoms with E-state index in [4.69, 9.17) is 5.73 Å². The number of pyridine rings is 1. The van der Waals surface area contributed by atoms with Gasteiger partial charge in [0.25, 0.3) is 5.91 Å². The third kappa shape index (κ3) is 7.50. The Kier molecular flexibility index (Phi) is 10.7. The summed E-state index contributed by atoms with van der Waals surface area (Å²) in [5.41, 5.74) is 10.0. The van der Waals surface area contributed by atoms with Crippen LogP contribution in [0.4, 0.5) is 28.4 Å². The van der Waals surface area contributed by atoms with Gasteiger partial charge in [0.1, 0.15) is 0 Å². The van der Waals surface area contributed by atoms with Crippen LogP contribution in [0.3, 0.4) is 0 Å². The van der Waals surface area contributed by atoms with E-state index < -0.39 is 5.91 Å². The first-order valence-corrected chi connectivity index (χ1v) is 11.6. The Bertz CT molecular complexity index is 970. The van der Waals surface area contributed by atoms with Crippen LogP contribution in [0.5, 0.6) is 0 Å². The molecule has 0 spiro atoms. The Morgan fingerprint density at radius 1 is 0.879 bits per heavy atom. The molecule has 0 saturated carbocycles. The highest BCUT2D eigenvalue weighted by atomic mass is 16.1. The number of rotatable bonds is 6. The lowest BCUT2D eigenvalue weighted by Crippen LogP contribution is -2.43. The molecular formula is C26H36N6O. The highest BCUT2D eigenvalue weighted by Crippen LogP contribution is 2.26. The summed E-state index contributed by atoms with van der Waals surface area (Å²) in [7, 11) is 0. The van der Waals surface area contributed by atoms with Crippen molar-refractivity contribution in [2.45, 2.75) is 27.7 Å². The van der Waals surface area contributed by atoms with Crippen LogP contribution in [-0.2, 0) is 0 Å². The molecule has 3 aromatic rings. The maximum atomic E-state index is 11.8. The smallest absolute Gasteiger partial charge is 0.269 e. The molecule has 1 fully saturated rings. The zero-order valence-electron chi connectivity index (χ0n) is 20.1. The van der Waals surface area contributed by atoms with Gasteiger partial charge in [0.15, 0.2) is 5.69 Å². The van der Waals surface area contributed by atoms with Crippen molar-refractivity contribution in [2.75, 3.05) is 41.7 Å². The van der Waals surface area contributed by atoms with Gasteiger partial charge in [-0.3, -0.25) is 4.79 Å². The average Bonchev–Trinajstić information content (AvgIpc) is 2.88. The highest BCUT2D eigenvalue weighted by Gasteiger charge is 2.13. The van der Waals surface area contributed by atoms with E-state index in [1.54, 1.807) is 6.20 Å². The molecule has 176 valence electrons. The van der Waals surface area contributed by atoms with Crippen molar-refractivity contribution in [3.05, 3.63) is 72.6 Å². The molecule has 1 aliphatic rings. The molecule has 5 N–H and O–H groups in total. The molecule has 0 atom stereocenters. The van der Waals surface area contributed by atoms with Gasteiger partial charge in [-0.2, -0.15) is 0 Å². The Balaban J connectivity index is 0.000000914. The van der Waals surface area contributed by atoms with Gasteiger partial charge in [-0.15, -0.1) is 0 Å². The van der Waals surface area contributed by atoms with E-state index in [9.17, 15) is 4.79 Å². The number of hydrogen-bond donors (Lipinski definition) is 4. The molecule has 4 rings (SSSR count). The molecule has 1 amide bonds. The summed E-state index contributed by atoms with van der Waals surface area (Å²) in [4.78, 5) is 18.4. The number of nitrogens with one attached hydrogen (secondary N) is 3. The summed E-state index contributed by atoms with van der Waals surface area (Å²) in [6.07, 6.45) is 1.60. The lowest BCUT2D eigenvalue weighted by Gasteiger charge is -2.29. The topological polar surface area (TPSA) is 95.3 Å². The summed E-state index contributed by atoms with van der Waals surface area (Å²) in [5, 5.41) is 9.91. The molecule has 7 nitrogen and oxygen atoms in total. The summed E-state index contributed by atoms with van der Waals surface area (Å²) in [6.45, 7) is 12.0. The number of nitrogens with two attached hydrogens (primary N) is 1. The molecule has 7 heteroatoms. The van der Waals surface area contributed by atoms with Gasteiger partial charge in [0.05, 0.1) is 17.6 Å². The molecule has 0 bridgehead atoms. The Morgan fingerprint density at radius 3 is 2.09 bits per heavy atom. The van der Waals surface area contributed by atoms with Crippen LogP contribution in [-0.4, -0.2) is 37.1 Å². The number of carbonyl (C=O) groups is 1. The van der Waals surface area contributed by atoms with E-state index in [0.29, 0.717) is 5.69 Å². The first-order valence-electron chi connectivity index (χ1n) is 11.6. The van der Waals surface area contributed by atoms with Gasteiger partial charge >= 0.3 is 0 Å². The number of hydrogen-bond acceptors (Lipinski definition) is 6. The number of primary amides is 1. The molecule has 0 aliphatic carbocycles. The van der Waals surface area contributed by atoms with E-state index in [1.165, 1.54) is 5.69 Å². The number of anilines is 5. The van der Waals surface area contributed by atoms with Crippen LogP contribution in [0.1, 0.15) is 38.2 Å². The predicted molar refractivity (Wildman–Crippen MR) is 140 cm³/mol. The number of para-hydroxylation sites is 1. The van der Waals surface area contributed by atoms with Crippen molar-refractivity contribution in [2.24, 2.45) is 5.73 Å². The molecule has 33 heavy (non-hydrogen) atoms. The van der Waals surface area contributed by atoms with Gasteiger partial charge in [0, 0.05) is 43.2 Å². The van der Waals surface area contributed by atoms with Gasteiger partial charge in [-0.1, -0.05) is 45.9 Å². The van der Waals surface area contributed by atoms with Crippen LogP contribution in [0.25, 0.3) is 0 Å². The minimum atomic E-state index is -0.573. The summed E-state index contributed by atoms with van der Waals surface area (Å²) in [5.74, 6) is -0.573. The second kappa shape index (κ2) is 13.8. The van der Waals surface area contributed by atoms with E-state index >= 15 is 0 Å². The number of aromatic nitrogens is 1. The van der Waals surface area contributed by atoms with E-state index in [2.05, 4.69) is 38.0 Å². The van der Waals surface area contributed by atoms with Crippen LogP contribution in [0.2, 0.25) is 0 Å². The molecule has 0 radical (unpaired) electrons. The quantitative estimate of drug-likeness (QED) is 0.418. The number of amides is 1. The van der Waals surface area contributed by atoms with Gasteiger partial charge in [0.2, 0.25) is 0 Å². The fraction of sp³-hybridized carbons (Fsp3) is 0.308. The maximum absolute atomic E-state index is 11.8. The van der Waals surface area contributed by atoms with Gasteiger partial charge in [-0.05, 0) is 42.5 Å². The molecule has 1 aromatic heterocycles. The summed E-state index contributed by atoms with van der Waals surface area (Å²) in [6, 6.07) is 19.8. The van der Waals surface area contributed by atoms with Crippen LogP contribution < -0.4 is 26.6 Å². The van der Waals surface area contributed by atoms with Crippen molar-refractivity contribution in [3.8, 4) is 0 Å². The maximum Gasteiger partial charge on any atom is 0.269 e. The minimum absolute atomic E-state index is 0.204. The van der Waals surface area contributed by atoms with E-state index in [1.807, 2.05) is 76.2 Å². The second-order valence-corrected chi connectivity index (χ2v) is 6.88. The summed E-state index contributed by atoms with van der Waals surface area (Å²) < 4.78 is 0. The lowest BCUT2D eigenvalue weighted by molar-refractivity contribution is 0.0996. The number of benzene rings is 2. The highest BCUT2D eigenvalue weighted by molar-refractivity contribution is 5.98. The van der Waals surface area contributed by atoms with Gasteiger partial charge < -0.3 is 26.6 Å². The first-order chi connectivity index (χ1) is 16.2. The monoisotopic (exact) mass is 448 g/mol. The predicted octanol–water partition coefficient (Wildman–Crippen LogP) is 5.13. The van der Waals surface area contributed by atoms with Crippen molar-refractivity contribution < 1.29 is 4.79 Å². The molecule has 2 aromatic carbocycles. The zero-order chi connectivity index (χ0) is 24.1. The fourth-order valence-corrected chi connectivity index (χ4v) is 3.35. The first kappa shape index (κ1) is 25.7. The molecule has 0 unspecified atom stereocenters.